The molecule has 1 heterocycles. The molecule has 1 fully saturated rings. The molecule has 1 saturated heterocycles. The third-order valence-electron chi connectivity index (χ3n) is 2.54. The second-order valence-electron chi connectivity index (χ2n) is 3.37. The molecule has 2 unspecified atom stereocenters. The zero-order chi connectivity index (χ0) is 8.27. The van der Waals surface area contributed by atoms with Crippen LogP contribution in [0.5, 0.6) is 0 Å². The van der Waals surface area contributed by atoms with Crippen LogP contribution in [-0.4, -0.2) is 36.0 Å². The summed E-state index contributed by atoms with van der Waals surface area (Å²) in [4.78, 5) is 0. The van der Waals surface area contributed by atoms with E-state index in [4.69, 9.17) is 10.2 Å². The number of nitrogens with one attached hydrogen (secondary N) is 1. The van der Waals surface area contributed by atoms with Crippen molar-refractivity contribution in [2.45, 2.75) is 19.4 Å². The second-order valence-corrected chi connectivity index (χ2v) is 3.37. The molecule has 3 heteroatoms. The summed E-state index contributed by atoms with van der Waals surface area (Å²) in [6.45, 7) is 3.42. The Morgan fingerprint density at radius 3 is 2.82 bits per heavy atom. The predicted octanol–water partition coefficient (Wildman–Crippen LogP) is -0.415. The Morgan fingerprint density at radius 1 is 1.55 bits per heavy atom. The van der Waals surface area contributed by atoms with Crippen LogP contribution in [0.2, 0.25) is 0 Å². The van der Waals surface area contributed by atoms with Crippen LogP contribution in [0.15, 0.2) is 0 Å². The first kappa shape index (κ1) is 8.97. The normalized spacial score (nSPS) is 34.1. The highest BCUT2D eigenvalue weighted by molar-refractivity contribution is 4.86. The molecule has 0 radical (unpaired) electrons. The van der Waals surface area contributed by atoms with E-state index in [1.807, 2.05) is 6.92 Å². The fraction of sp³-hybridized carbons (Fsp3) is 1.00. The van der Waals surface area contributed by atoms with Crippen LogP contribution in [0.4, 0.5) is 0 Å². The molecular weight excluding hydrogens is 142 g/mol. The predicted molar refractivity (Wildman–Crippen MR) is 43.2 cm³/mol. The lowest BCUT2D eigenvalue weighted by Gasteiger charge is -2.22. The van der Waals surface area contributed by atoms with Crippen molar-refractivity contribution in [2.75, 3.05) is 19.8 Å². The average molecular weight is 159 g/mol. The standard InChI is InChI=1S/C8H17NO2/c1-6(4-10)8-7(5-11)2-3-9-8/h6-11H,2-5H2,1H3/t6?,7-,8?/m0/s1. The Morgan fingerprint density at radius 2 is 2.27 bits per heavy atom. The molecule has 1 rings (SSSR count). The minimum Gasteiger partial charge on any atom is -0.396 e. The lowest BCUT2D eigenvalue weighted by molar-refractivity contribution is 0.152. The quantitative estimate of drug-likeness (QED) is 0.524. The first-order valence-corrected chi connectivity index (χ1v) is 4.24. The SMILES string of the molecule is CC(CO)C1NCC[C@H]1CO. The van der Waals surface area contributed by atoms with Gasteiger partial charge in [-0.1, -0.05) is 6.92 Å². The molecule has 0 aliphatic carbocycles. The van der Waals surface area contributed by atoms with E-state index in [0.29, 0.717) is 12.0 Å². The van der Waals surface area contributed by atoms with Crippen molar-refractivity contribution < 1.29 is 10.2 Å². The number of aliphatic hydroxyl groups is 2. The largest absolute Gasteiger partial charge is 0.396 e. The molecule has 0 aromatic carbocycles. The first-order valence-electron chi connectivity index (χ1n) is 4.24. The van der Waals surface area contributed by atoms with Gasteiger partial charge in [-0.2, -0.15) is 0 Å². The highest BCUT2D eigenvalue weighted by Gasteiger charge is 2.29. The van der Waals surface area contributed by atoms with Gasteiger partial charge in [0.15, 0.2) is 0 Å². The van der Waals surface area contributed by atoms with Gasteiger partial charge in [-0.25, -0.2) is 0 Å². The molecule has 66 valence electrons. The second kappa shape index (κ2) is 4.04. The van der Waals surface area contributed by atoms with Gasteiger partial charge in [0, 0.05) is 19.3 Å². The molecule has 3 atom stereocenters. The van der Waals surface area contributed by atoms with Crippen LogP contribution in [0.1, 0.15) is 13.3 Å². The molecule has 1 aliphatic rings. The van der Waals surface area contributed by atoms with Crippen molar-refractivity contribution in [1.29, 1.82) is 0 Å². The fourth-order valence-electron chi connectivity index (χ4n) is 1.77. The van der Waals surface area contributed by atoms with Gasteiger partial charge >= 0.3 is 0 Å². The van der Waals surface area contributed by atoms with Gasteiger partial charge in [-0.05, 0) is 24.8 Å². The Labute approximate surface area is 67.4 Å². The first-order chi connectivity index (χ1) is 5.29. The Hall–Kier alpha value is -0.120. The van der Waals surface area contributed by atoms with E-state index in [1.165, 1.54) is 0 Å². The van der Waals surface area contributed by atoms with Crippen molar-refractivity contribution in [1.82, 2.24) is 5.32 Å². The van der Waals surface area contributed by atoms with Gasteiger partial charge in [0.2, 0.25) is 0 Å². The summed E-state index contributed by atoms with van der Waals surface area (Å²) in [6.07, 6.45) is 1.03. The monoisotopic (exact) mass is 159 g/mol. The summed E-state index contributed by atoms with van der Waals surface area (Å²) in [5.74, 6) is 0.604. The fourth-order valence-corrected chi connectivity index (χ4v) is 1.77. The van der Waals surface area contributed by atoms with Crippen molar-refractivity contribution in [2.24, 2.45) is 11.8 Å². The van der Waals surface area contributed by atoms with Crippen LogP contribution in [0, 0.1) is 11.8 Å². The van der Waals surface area contributed by atoms with E-state index in [2.05, 4.69) is 5.32 Å². The molecular formula is C8H17NO2. The maximum Gasteiger partial charge on any atom is 0.0474 e. The highest BCUT2D eigenvalue weighted by atomic mass is 16.3. The number of rotatable bonds is 3. The molecule has 0 bridgehead atoms. The Kier molecular flexibility index (Phi) is 3.30. The van der Waals surface area contributed by atoms with E-state index in [9.17, 15) is 0 Å². The van der Waals surface area contributed by atoms with Gasteiger partial charge in [-0.15, -0.1) is 0 Å². The third kappa shape index (κ3) is 1.92. The molecule has 0 spiro atoms. The molecule has 3 N–H and O–H groups in total. The Balaban J connectivity index is 2.42. The van der Waals surface area contributed by atoms with Gasteiger partial charge < -0.3 is 15.5 Å². The van der Waals surface area contributed by atoms with Crippen LogP contribution >= 0.6 is 0 Å². The minimum atomic E-state index is 0.203. The summed E-state index contributed by atoms with van der Waals surface area (Å²) in [6, 6.07) is 0.310. The van der Waals surface area contributed by atoms with Crippen LogP contribution in [0.3, 0.4) is 0 Å². The highest BCUT2D eigenvalue weighted by Crippen LogP contribution is 2.20. The molecule has 11 heavy (non-hydrogen) atoms. The lowest BCUT2D eigenvalue weighted by atomic mass is 9.92. The van der Waals surface area contributed by atoms with E-state index in [1.54, 1.807) is 0 Å². The molecule has 3 nitrogen and oxygen atoms in total. The van der Waals surface area contributed by atoms with Crippen molar-refractivity contribution >= 4 is 0 Å². The minimum absolute atomic E-state index is 0.203. The van der Waals surface area contributed by atoms with Crippen LogP contribution in [0.25, 0.3) is 0 Å². The maximum absolute atomic E-state index is 8.96. The summed E-state index contributed by atoms with van der Waals surface area (Å²) in [5, 5.41) is 21.1. The zero-order valence-corrected chi connectivity index (χ0v) is 6.95. The van der Waals surface area contributed by atoms with E-state index in [0.717, 1.165) is 13.0 Å². The number of hydrogen-bond acceptors (Lipinski definition) is 3. The summed E-state index contributed by atoms with van der Waals surface area (Å²) < 4.78 is 0. The van der Waals surface area contributed by atoms with Gasteiger partial charge in [0.25, 0.3) is 0 Å². The maximum atomic E-state index is 8.96. The van der Waals surface area contributed by atoms with Crippen molar-refractivity contribution in [3.8, 4) is 0 Å². The summed E-state index contributed by atoms with van der Waals surface area (Å²) in [5.41, 5.74) is 0. The molecule has 0 amide bonds. The number of hydrogen-bond donors (Lipinski definition) is 3. The van der Waals surface area contributed by atoms with Gasteiger partial charge in [0.05, 0.1) is 0 Å². The Bertz CT molecular complexity index is 119. The van der Waals surface area contributed by atoms with Gasteiger partial charge in [0.1, 0.15) is 0 Å². The van der Waals surface area contributed by atoms with Crippen LogP contribution < -0.4 is 5.32 Å². The van der Waals surface area contributed by atoms with Crippen molar-refractivity contribution in [3.63, 3.8) is 0 Å². The summed E-state index contributed by atoms with van der Waals surface area (Å²) in [7, 11) is 0. The van der Waals surface area contributed by atoms with E-state index >= 15 is 0 Å². The van der Waals surface area contributed by atoms with E-state index < -0.39 is 0 Å². The molecule has 0 saturated carbocycles. The lowest BCUT2D eigenvalue weighted by Crippen LogP contribution is -2.36. The molecule has 1 aliphatic heterocycles. The zero-order valence-electron chi connectivity index (χ0n) is 6.95. The smallest absolute Gasteiger partial charge is 0.0474 e. The van der Waals surface area contributed by atoms with E-state index in [-0.39, 0.29) is 19.1 Å². The van der Waals surface area contributed by atoms with Crippen LogP contribution in [-0.2, 0) is 0 Å². The topological polar surface area (TPSA) is 52.5 Å². The molecule has 0 aromatic rings. The van der Waals surface area contributed by atoms with Gasteiger partial charge in [-0.3, -0.25) is 0 Å². The third-order valence-corrected chi connectivity index (χ3v) is 2.54. The molecule has 0 aromatic heterocycles. The van der Waals surface area contributed by atoms with Crippen molar-refractivity contribution in [3.05, 3.63) is 0 Å². The number of aliphatic hydroxyl groups excluding tert-OH is 2. The summed E-state index contributed by atoms with van der Waals surface area (Å²) >= 11 is 0. The average Bonchev–Trinajstić information content (AvgIpc) is 2.50.